The average Bonchev–Trinajstić information content (AvgIpc) is 3.04. The molecule has 0 radical (unpaired) electrons. The van der Waals surface area contributed by atoms with Crippen LogP contribution >= 0.6 is 11.3 Å². The molecule has 0 amide bonds. The number of hydrogen-bond donors (Lipinski definition) is 1. The van der Waals surface area contributed by atoms with Crippen molar-refractivity contribution >= 4 is 11.3 Å². The standard InChI is InChI=1S/C15H24N2S/c1-4-16-15(8-11-5-6-12(15)7-11)14-17-13(9-18-14)10(2)3/h9-12,16H,4-8H2,1-3H3. The molecule has 1 heterocycles. The number of nitrogens with one attached hydrogen (secondary N) is 1. The summed E-state index contributed by atoms with van der Waals surface area (Å²) >= 11 is 1.88. The highest BCUT2D eigenvalue weighted by Crippen LogP contribution is 2.56. The van der Waals surface area contributed by atoms with Crippen LogP contribution in [0.5, 0.6) is 0 Å². The molecule has 0 aliphatic heterocycles. The van der Waals surface area contributed by atoms with Crippen LogP contribution in [0.4, 0.5) is 0 Å². The van der Waals surface area contributed by atoms with Crippen LogP contribution in [0.25, 0.3) is 0 Å². The number of hydrogen-bond acceptors (Lipinski definition) is 3. The number of fused-ring (bicyclic) bond motifs is 2. The van der Waals surface area contributed by atoms with Crippen LogP contribution in [-0.2, 0) is 5.54 Å². The quantitative estimate of drug-likeness (QED) is 0.892. The van der Waals surface area contributed by atoms with Gasteiger partial charge in [0.2, 0.25) is 0 Å². The minimum absolute atomic E-state index is 0.218. The van der Waals surface area contributed by atoms with Gasteiger partial charge in [0, 0.05) is 5.38 Å². The Morgan fingerprint density at radius 2 is 2.33 bits per heavy atom. The molecule has 0 spiro atoms. The monoisotopic (exact) mass is 264 g/mol. The van der Waals surface area contributed by atoms with E-state index in [2.05, 4.69) is 31.5 Å². The fourth-order valence-corrected chi connectivity index (χ4v) is 5.20. The maximum absolute atomic E-state index is 4.96. The highest BCUT2D eigenvalue weighted by Gasteiger charge is 2.53. The summed E-state index contributed by atoms with van der Waals surface area (Å²) in [7, 11) is 0. The van der Waals surface area contributed by atoms with Crippen LogP contribution in [0.2, 0.25) is 0 Å². The van der Waals surface area contributed by atoms with E-state index in [0.717, 1.165) is 18.4 Å². The first-order valence-electron chi connectivity index (χ1n) is 7.36. The molecule has 18 heavy (non-hydrogen) atoms. The molecule has 1 N–H and O–H groups in total. The third kappa shape index (κ3) is 1.83. The summed E-state index contributed by atoms with van der Waals surface area (Å²) < 4.78 is 0. The Bertz CT molecular complexity index is 426. The number of thiazole rings is 1. The van der Waals surface area contributed by atoms with E-state index in [9.17, 15) is 0 Å². The van der Waals surface area contributed by atoms with E-state index in [1.165, 1.54) is 36.4 Å². The van der Waals surface area contributed by atoms with E-state index in [4.69, 9.17) is 4.98 Å². The molecule has 2 fully saturated rings. The fourth-order valence-electron chi connectivity index (χ4n) is 3.96. The van der Waals surface area contributed by atoms with Gasteiger partial charge in [-0.1, -0.05) is 27.2 Å². The van der Waals surface area contributed by atoms with Crippen LogP contribution in [0.1, 0.15) is 63.1 Å². The van der Waals surface area contributed by atoms with Crippen LogP contribution in [-0.4, -0.2) is 11.5 Å². The Kier molecular flexibility index (Phi) is 3.23. The lowest BCUT2D eigenvalue weighted by atomic mass is 9.81. The van der Waals surface area contributed by atoms with E-state index in [1.807, 2.05) is 11.3 Å². The van der Waals surface area contributed by atoms with Gasteiger partial charge in [0.1, 0.15) is 5.01 Å². The molecule has 1 aromatic heterocycles. The molecule has 0 saturated heterocycles. The maximum atomic E-state index is 4.96. The summed E-state index contributed by atoms with van der Waals surface area (Å²) in [4.78, 5) is 4.96. The van der Waals surface area contributed by atoms with Gasteiger partial charge in [0.15, 0.2) is 0 Å². The van der Waals surface area contributed by atoms with Crippen molar-refractivity contribution in [3.8, 4) is 0 Å². The van der Waals surface area contributed by atoms with E-state index < -0.39 is 0 Å². The first kappa shape index (κ1) is 12.6. The van der Waals surface area contributed by atoms with Gasteiger partial charge < -0.3 is 5.32 Å². The predicted octanol–water partition coefficient (Wildman–Crippen LogP) is 3.89. The molecule has 3 rings (SSSR count). The molecule has 1 aromatic rings. The van der Waals surface area contributed by atoms with E-state index in [1.54, 1.807) is 0 Å². The molecule has 2 bridgehead atoms. The van der Waals surface area contributed by atoms with Gasteiger partial charge in [-0.3, -0.25) is 0 Å². The van der Waals surface area contributed by atoms with Gasteiger partial charge in [0.25, 0.3) is 0 Å². The van der Waals surface area contributed by atoms with Crippen LogP contribution < -0.4 is 5.32 Å². The molecule has 100 valence electrons. The Morgan fingerprint density at radius 1 is 1.50 bits per heavy atom. The number of aromatic nitrogens is 1. The summed E-state index contributed by atoms with van der Waals surface area (Å²) in [6.07, 6.45) is 5.58. The molecule has 0 aromatic carbocycles. The van der Waals surface area contributed by atoms with Gasteiger partial charge in [-0.15, -0.1) is 11.3 Å². The summed E-state index contributed by atoms with van der Waals surface area (Å²) in [5, 5.41) is 7.44. The Balaban J connectivity index is 1.94. The molecule has 3 unspecified atom stereocenters. The largest absolute Gasteiger partial charge is 0.305 e. The highest BCUT2D eigenvalue weighted by atomic mass is 32.1. The van der Waals surface area contributed by atoms with Gasteiger partial charge in [-0.2, -0.15) is 0 Å². The highest BCUT2D eigenvalue weighted by molar-refractivity contribution is 7.09. The summed E-state index contributed by atoms with van der Waals surface area (Å²) in [6, 6.07) is 0. The Hall–Kier alpha value is -0.410. The van der Waals surface area contributed by atoms with Crippen molar-refractivity contribution in [2.45, 2.75) is 57.9 Å². The lowest BCUT2D eigenvalue weighted by molar-refractivity contribution is 0.213. The minimum atomic E-state index is 0.218. The number of rotatable bonds is 4. The molecule has 2 saturated carbocycles. The Morgan fingerprint density at radius 3 is 2.83 bits per heavy atom. The molecule has 3 heteroatoms. The normalized spacial score (nSPS) is 34.7. The lowest BCUT2D eigenvalue weighted by Crippen LogP contribution is -2.46. The average molecular weight is 264 g/mol. The summed E-state index contributed by atoms with van der Waals surface area (Å²) in [6.45, 7) is 7.75. The molecular weight excluding hydrogens is 240 g/mol. The third-order valence-corrected chi connectivity index (χ3v) is 5.87. The van der Waals surface area contributed by atoms with Crippen molar-refractivity contribution in [3.63, 3.8) is 0 Å². The fraction of sp³-hybridized carbons (Fsp3) is 0.800. The number of nitrogens with zero attached hydrogens (tertiary/aromatic N) is 1. The second kappa shape index (κ2) is 4.61. The maximum Gasteiger partial charge on any atom is 0.113 e. The topological polar surface area (TPSA) is 24.9 Å². The van der Waals surface area contributed by atoms with Crippen LogP contribution in [0, 0.1) is 11.8 Å². The zero-order valence-electron chi connectivity index (χ0n) is 11.7. The van der Waals surface area contributed by atoms with Gasteiger partial charge in [0.05, 0.1) is 11.2 Å². The van der Waals surface area contributed by atoms with E-state index in [-0.39, 0.29) is 5.54 Å². The van der Waals surface area contributed by atoms with Crippen LogP contribution in [0.3, 0.4) is 0 Å². The van der Waals surface area contributed by atoms with Crippen molar-refractivity contribution in [2.24, 2.45) is 11.8 Å². The second-order valence-electron chi connectivity index (χ2n) is 6.31. The van der Waals surface area contributed by atoms with Gasteiger partial charge in [-0.05, 0) is 43.6 Å². The van der Waals surface area contributed by atoms with Crippen molar-refractivity contribution in [3.05, 3.63) is 16.1 Å². The predicted molar refractivity (Wildman–Crippen MR) is 77.0 cm³/mol. The lowest BCUT2D eigenvalue weighted by Gasteiger charge is -2.37. The SMILES string of the molecule is CCNC1(c2nc(C(C)C)cs2)CC2CCC1C2. The van der Waals surface area contributed by atoms with Crippen molar-refractivity contribution in [2.75, 3.05) is 6.54 Å². The molecule has 3 atom stereocenters. The first-order valence-corrected chi connectivity index (χ1v) is 8.24. The van der Waals surface area contributed by atoms with Crippen molar-refractivity contribution in [1.82, 2.24) is 10.3 Å². The van der Waals surface area contributed by atoms with Crippen molar-refractivity contribution < 1.29 is 0 Å². The van der Waals surface area contributed by atoms with E-state index in [0.29, 0.717) is 5.92 Å². The zero-order chi connectivity index (χ0) is 12.8. The summed E-state index contributed by atoms with van der Waals surface area (Å²) in [5.41, 5.74) is 1.49. The molecular formula is C15H24N2S. The third-order valence-electron chi connectivity index (χ3n) is 4.84. The van der Waals surface area contributed by atoms with Crippen molar-refractivity contribution in [1.29, 1.82) is 0 Å². The zero-order valence-corrected chi connectivity index (χ0v) is 12.5. The second-order valence-corrected chi connectivity index (χ2v) is 7.17. The minimum Gasteiger partial charge on any atom is -0.305 e. The molecule has 2 aliphatic carbocycles. The Labute approximate surface area is 114 Å². The summed E-state index contributed by atoms with van der Waals surface area (Å²) in [5.74, 6) is 2.32. The van der Waals surface area contributed by atoms with Crippen LogP contribution in [0.15, 0.2) is 5.38 Å². The van der Waals surface area contributed by atoms with Gasteiger partial charge >= 0.3 is 0 Å². The smallest absolute Gasteiger partial charge is 0.113 e. The molecule has 2 aliphatic rings. The van der Waals surface area contributed by atoms with E-state index >= 15 is 0 Å². The van der Waals surface area contributed by atoms with Gasteiger partial charge in [-0.25, -0.2) is 4.98 Å². The first-order chi connectivity index (χ1) is 8.65. The molecule has 2 nitrogen and oxygen atoms in total.